The highest BCUT2D eigenvalue weighted by atomic mass is 16.5. The van der Waals surface area contributed by atoms with Crippen LogP contribution in [0.25, 0.3) is 27.3 Å². The Hall–Kier alpha value is -3.23. The second kappa shape index (κ2) is 7.79. The number of pyridine rings is 1. The van der Waals surface area contributed by atoms with Gasteiger partial charge in [-0.3, -0.25) is 14.1 Å². The number of nitrogens with one attached hydrogen (secondary N) is 2. The molecule has 1 aliphatic rings. The van der Waals surface area contributed by atoms with Crippen molar-refractivity contribution in [1.29, 1.82) is 5.41 Å². The molecule has 0 spiro atoms. The Balaban J connectivity index is 1.58. The van der Waals surface area contributed by atoms with E-state index in [-0.39, 0.29) is 11.5 Å². The molecule has 1 fully saturated rings. The lowest BCUT2D eigenvalue weighted by Crippen LogP contribution is -2.38. The molecule has 0 amide bonds. The predicted octanol–water partition coefficient (Wildman–Crippen LogP) is 2.54. The van der Waals surface area contributed by atoms with Crippen molar-refractivity contribution in [1.82, 2.24) is 14.3 Å². The van der Waals surface area contributed by atoms with E-state index in [1.165, 1.54) is 0 Å². The van der Waals surface area contributed by atoms with Gasteiger partial charge in [-0.25, -0.2) is 4.98 Å². The molecule has 160 valence electrons. The summed E-state index contributed by atoms with van der Waals surface area (Å²) in [5, 5.41) is 12.4. The fourth-order valence-electron chi connectivity index (χ4n) is 4.52. The minimum Gasteiger partial charge on any atom is -0.398 e. The number of rotatable bonds is 6. The Morgan fingerprint density at radius 3 is 2.84 bits per heavy atom. The van der Waals surface area contributed by atoms with Crippen LogP contribution in [0.3, 0.4) is 0 Å². The van der Waals surface area contributed by atoms with E-state index in [2.05, 4.69) is 22.1 Å². The number of nitrogen functional groups attached to an aromatic ring is 1. The molecule has 8 nitrogen and oxygen atoms in total. The highest BCUT2D eigenvalue weighted by molar-refractivity contribution is 6.11. The molecule has 31 heavy (non-hydrogen) atoms. The molecule has 4 aromatic rings. The van der Waals surface area contributed by atoms with E-state index in [1.807, 2.05) is 22.6 Å². The van der Waals surface area contributed by atoms with Gasteiger partial charge >= 0.3 is 0 Å². The van der Waals surface area contributed by atoms with Gasteiger partial charge in [-0.1, -0.05) is 0 Å². The number of hydrogen-bond donors (Lipinski definition) is 3. The van der Waals surface area contributed by atoms with Gasteiger partial charge in [0.2, 0.25) is 0 Å². The summed E-state index contributed by atoms with van der Waals surface area (Å²) < 4.78 is 7.35. The lowest BCUT2D eigenvalue weighted by molar-refractivity contribution is 0.0370. The number of anilines is 2. The van der Waals surface area contributed by atoms with Crippen LogP contribution in [0.1, 0.15) is 18.9 Å². The van der Waals surface area contributed by atoms with E-state index in [0.717, 1.165) is 62.2 Å². The van der Waals surface area contributed by atoms with Crippen LogP contribution in [0.15, 0.2) is 35.4 Å². The number of hydrogen-bond acceptors (Lipinski definition) is 7. The summed E-state index contributed by atoms with van der Waals surface area (Å²) in [6.45, 7) is 6.63. The number of nitrogens with zero attached hydrogens (tertiary/aromatic N) is 3. The molecule has 1 saturated heterocycles. The Kier molecular flexibility index (Phi) is 4.95. The van der Waals surface area contributed by atoms with Crippen molar-refractivity contribution in [3.63, 3.8) is 0 Å². The lowest BCUT2D eigenvalue weighted by Gasteiger charge is -2.28. The van der Waals surface area contributed by atoms with Crippen molar-refractivity contribution < 1.29 is 4.74 Å². The van der Waals surface area contributed by atoms with Crippen molar-refractivity contribution in [2.24, 2.45) is 0 Å². The Bertz CT molecular complexity index is 1330. The lowest BCUT2D eigenvalue weighted by atomic mass is 10.0. The van der Waals surface area contributed by atoms with E-state index >= 15 is 0 Å². The average molecular weight is 419 g/mol. The maximum Gasteiger partial charge on any atom is 0.200 e. The van der Waals surface area contributed by atoms with Crippen molar-refractivity contribution in [3.05, 3.63) is 46.4 Å². The third-order valence-corrected chi connectivity index (χ3v) is 6.21. The molecule has 0 bridgehead atoms. The smallest absolute Gasteiger partial charge is 0.200 e. The Labute approximate surface area is 179 Å². The van der Waals surface area contributed by atoms with E-state index in [4.69, 9.17) is 15.9 Å². The third-order valence-electron chi connectivity index (χ3n) is 6.21. The standard InChI is InChI=1S/C23H26N6O2/c1-14(6-7-28-8-10-31-11-9-28)27-17-3-4-18-22-21(17)23(30)20-15(12-24)16(25)2-5-19(20)29(22)13-26-18/h2-5,12-14,24,27H,6-11,25H2,1H3. The second-order valence-corrected chi connectivity index (χ2v) is 8.19. The summed E-state index contributed by atoms with van der Waals surface area (Å²) in [4.78, 5) is 20.6. The molecular formula is C23H26N6O2. The minimum atomic E-state index is -0.123. The van der Waals surface area contributed by atoms with Crippen LogP contribution in [-0.4, -0.2) is 59.4 Å². The number of aromatic nitrogens is 2. The summed E-state index contributed by atoms with van der Waals surface area (Å²) in [6.07, 6.45) is 3.85. The summed E-state index contributed by atoms with van der Waals surface area (Å²) in [6, 6.07) is 7.62. The summed E-state index contributed by atoms with van der Waals surface area (Å²) in [7, 11) is 0. The number of ether oxygens (including phenoxy) is 1. The van der Waals surface area contributed by atoms with Crippen molar-refractivity contribution in [3.8, 4) is 0 Å². The number of benzene rings is 2. The maximum atomic E-state index is 13.7. The summed E-state index contributed by atoms with van der Waals surface area (Å²) >= 11 is 0. The second-order valence-electron chi connectivity index (χ2n) is 8.19. The molecule has 8 heteroatoms. The Morgan fingerprint density at radius 1 is 1.26 bits per heavy atom. The van der Waals surface area contributed by atoms with Gasteiger partial charge in [-0.15, -0.1) is 0 Å². The molecule has 3 heterocycles. The largest absolute Gasteiger partial charge is 0.398 e. The van der Waals surface area contributed by atoms with Crippen LogP contribution in [0.4, 0.5) is 11.4 Å². The molecule has 1 aliphatic heterocycles. The summed E-state index contributed by atoms with van der Waals surface area (Å²) in [5.41, 5.74) is 9.90. The SMILES string of the molecule is CC(CCN1CCOCC1)Nc1ccc2ncn3c4ccc(N)c(C=N)c4c(=O)c1c23. The highest BCUT2D eigenvalue weighted by Crippen LogP contribution is 2.31. The van der Waals surface area contributed by atoms with Gasteiger partial charge in [-0.05, 0) is 37.6 Å². The van der Waals surface area contributed by atoms with Crippen LogP contribution in [0.2, 0.25) is 0 Å². The van der Waals surface area contributed by atoms with Crippen LogP contribution in [-0.2, 0) is 4.74 Å². The number of nitrogens with two attached hydrogens (primary N) is 1. The normalized spacial score (nSPS) is 16.3. The zero-order valence-corrected chi connectivity index (χ0v) is 17.5. The molecule has 2 aromatic heterocycles. The molecular weight excluding hydrogens is 392 g/mol. The van der Waals surface area contributed by atoms with Gasteiger partial charge in [0.05, 0.1) is 40.5 Å². The van der Waals surface area contributed by atoms with Gasteiger partial charge in [-0.2, -0.15) is 0 Å². The van der Waals surface area contributed by atoms with Crippen LogP contribution in [0.5, 0.6) is 0 Å². The van der Waals surface area contributed by atoms with Gasteiger partial charge in [0, 0.05) is 48.8 Å². The van der Waals surface area contributed by atoms with Crippen molar-refractivity contribution in [2.45, 2.75) is 19.4 Å². The zero-order chi connectivity index (χ0) is 21.5. The molecule has 0 radical (unpaired) electrons. The van der Waals surface area contributed by atoms with Gasteiger partial charge in [0.25, 0.3) is 0 Å². The van der Waals surface area contributed by atoms with Crippen molar-refractivity contribution >= 4 is 44.9 Å². The molecule has 5 rings (SSSR count). The highest BCUT2D eigenvalue weighted by Gasteiger charge is 2.20. The first-order valence-electron chi connectivity index (χ1n) is 10.6. The van der Waals surface area contributed by atoms with Gasteiger partial charge in [0.15, 0.2) is 5.43 Å². The van der Waals surface area contributed by atoms with E-state index < -0.39 is 0 Å². The average Bonchev–Trinajstić information content (AvgIpc) is 3.21. The fourth-order valence-corrected chi connectivity index (χ4v) is 4.52. The third kappa shape index (κ3) is 3.28. The van der Waals surface area contributed by atoms with Gasteiger partial charge < -0.3 is 21.2 Å². The monoisotopic (exact) mass is 418 g/mol. The quantitative estimate of drug-likeness (QED) is 0.252. The maximum absolute atomic E-state index is 13.7. The van der Waals surface area contributed by atoms with E-state index in [9.17, 15) is 4.79 Å². The minimum absolute atomic E-state index is 0.123. The number of imidazole rings is 1. The topological polar surface area (TPSA) is 109 Å². The van der Waals surface area contributed by atoms with Crippen molar-refractivity contribution in [2.75, 3.05) is 43.9 Å². The fraction of sp³-hybridized carbons (Fsp3) is 0.348. The molecule has 1 unspecified atom stereocenters. The predicted molar refractivity (Wildman–Crippen MR) is 125 cm³/mol. The first-order chi connectivity index (χ1) is 15.1. The number of morpholine rings is 1. The first kappa shape index (κ1) is 19.7. The van der Waals surface area contributed by atoms with E-state index in [0.29, 0.717) is 27.5 Å². The first-order valence-corrected chi connectivity index (χ1v) is 10.6. The molecule has 0 saturated carbocycles. The molecule has 1 atom stereocenters. The Morgan fingerprint density at radius 2 is 2.06 bits per heavy atom. The van der Waals surface area contributed by atoms with Gasteiger partial charge in [0.1, 0.15) is 6.33 Å². The molecule has 0 aliphatic carbocycles. The van der Waals surface area contributed by atoms with E-state index in [1.54, 1.807) is 12.4 Å². The van der Waals surface area contributed by atoms with Crippen LogP contribution in [0, 0.1) is 5.41 Å². The molecule has 4 N–H and O–H groups in total. The molecule has 2 aromatic carbocycles. The van der Waals surface area contributed by atoms with Crippen LogP contribution >= 0.6 is 0 Å². The zero-order valence-electron chi connectivity index (χ0n) is 17.5. The number of fused-ring (bicyclic) bond motifs is 2. The van der Waals surface area contributed by atoms with Crippen LogP contribution < -0.4 is 16.5 Å². The summed E-state index contributed by atoms with van der Waals surface area (Å²) in [5.74, 6) is 0.